The summed E-state index contributed by atoms with van der Waals surface area (Å²) < 4.78 is 6.92. The summed E-state index contributed by atoms with van der Waals surface area (Å²) in [7, 11) is 1.67. The summed E-state index contributed by atoms with van der Waals surface area (Å²) >= 11 is 0. The lowest BCUT2D eigenvalue weighted by Crippen LogP contribution is -2.33. The third-order valence-corrected chi connectivity index (χ3v) is 2.66. The second kappa shape index (κ2) is 7.42. The molecule has 0 saturated carbocycles. The van der Waals surface area contributed by atoms with Crippen LogP contribution in [0, 0.1) is 0 Å². The summed E-state index contributed by atoms with van der Waals surface area (Å²) in [5.74, 6) is 0. The minimum absolute atomic E-state index is 0.0687. The second-order valence-electron chi connectivity index (χ2n) is 4.42. The van der Waals surface area contributed by atoms with Crippen LogP contribution in [0.5, 0.6) is 0 Å². The maximum atomic E-state index is 9.18. The fraction of sp³-hybridized carbons (Fsp3) is 0.750. The largest absolute Gasteiger partial charge is 0.395 e. The van der Waals surface area contributed by atoms with Gasteiger partial charge in [-0.15, -0.1) is 0 Å². The first kappa shape index (κ1) is 14.2. The van der Waals surface area contributed by atoms with E-state index in [9.17, 15) is 5.11 Å². The van der Waals surface area contributed by atoms with Gasteiger partial charge in [-0.2, -0.15) is 5.10 Å². The Kier molecular flexibility index (Phi) is 6.18. The third kappa shape index (κ3) is 4.85. The number of rotatable bonds is 8. The molecule has 1 atom stereocenters. The molecule has 5 nitrogen and oxygen atoms in total. The van der Waals surface area contributed by atoms with E-state index in [1.807, 2.05) is 16.9 Å². The Morgan fingerprint density at radius 1 is 1.53 bits per heavy atom. The standard InChI is InChI=1S/C12H23N3O2/c1-10(2)15-6-4-11(14-15)8-13-12(9-16)5-7-17-3/h4,6,10,12-13,16H,5,7-9H2,1-3H3. The summed E-state index contributed by atoms with van der Waals surface area (Å²) in [6, 6.07) is 2.45. The molecule has 1 aromatic heterocycles. The highest BCUT2D eigenvalue weighted by atomic mass is 16.5. The van der Waals surface area contributed by atoms with E-state index in [2.05, 4.69) is 24.3 Å². The van der Waals surface area contributed by atoms with E-state index in [0.717, 1.165) is 12.1 Å². The average Bonchev–Trinajstić information content (AvgIpc) is 2.78. The first-order chi connectivity index (χ1) is 8.17. The quantitative estimate of drug-likeness (QED) is 0.711. The van der Waals surface area contributed by atoms with Crippen LogP contribution >= 0.6 is 0 Å². The number of hydrogen-bond donors (Lipinski definition) is 2. The molecule has 5 heteroatoms. The van der Waals surface area contributed by atoms with Crippen LogP contribution in [0.1, 0.15) is 32.0 Å². The molecule has 0 amide bonds. The van der Waals surface area contributed by atoms with Gasteiger partial charge in [0.1, 0.15) is 0 Å². The summed E-state index contributed by atoms with van der Waals surface area (Å²) in [4.78, 5) is 0. The summed E-state index contributed by atoms with van der Waals surface area (Å²) in [5.41, 5.74) is 0.995. The zero-order chi connectivity index (χ0) is 12.7. The van der Waals surface area contributed by atoms with Gasteiger partial charge in [-0.3, -0.25) is 4.68 Å². The first-order valence-corrected chi connectivity index (χ1v) is 6.04. The Hall–Kier alpha value is -0.910. The Bertz CT molecular complexity index is 312. The van der Waals surface area contributed by atoms with Gasteiger partial charge in [0, 0.05) is 38.5 Å². The third-order valence-electron chi connectivity index (χ3n) is 2.66. The summed E-state index contributed by atoms with van der Waals surface area (Å²) in [5, 5.41) is 16.9. The molecule has 0 spiro atoms. The van der Waals surface area contributed by atoms with Crippen molar-refractivity contribution in [2.24, 2.45) is 0 Å². The average molecular weight is 241 g/mol. The Morgan fingerprint density at radius 2 is 2.29 bits per heavy atom. The smallest absolute Gasteiger partial charge is 0.0762 e. The van der Waals surface area contributed by atoms with Crippen molar-refractivity contribution in [1.82, 2.24) is 15.1 Å². The molecule has 0 aliphatic rings. The molecule has 1 unspecified atom stereocenters. The van der Waals surface area contributed by atoms with Crippen LogP contribution in [0.15, 0.2) is 12.3 Å². The van der Waals surface area contributed by atoms with Crippen molar-refractivity contribution >= 4 is 0 Å². The van der Waals surface area contributed by atoms with E-state index < -0.39 is 0 Å². The van der Waals surface area contributed by atoms with Gasteiger partial charge in [-0.1, -0.05) is 0 Å². The van der Waals surface area contributed by atoms with E-state index >= 15 is 0 Å². The Balaban J connectivity index is 2.37. The second-order valence-corrected chi connectivity index (χ2v) is 4.42. The van der Waals surface area contributed by atoms with Crippen molar-refractivity contribution < 1.29 is 9.84 Å². The number of nitrogens with one attached hydrogen (secondary N) is 1. The molecule has 1 rings (SSSR count). The van der Waals surface area contributed by atoms with Crippen LogP contribution in [0.25, 0.3) is 0 Å². The van der Waals surface area contributed by atoms with Crippen molar-refractivity contribution in [1.29, 1.82) is 0 Å². The van der Waals surface area contributed by atoms with E-state index in [1.165, 1.54) is 0 Å². The predicted molar refractivity (Wildman–Crippen MR) is 66.8 cm³/mol. The Labute approximate surface area is 103 Å². The van der Waals surface area contributed by atoms with Crippen LogP contribution in [-0.2, 0) is 11.3 Å². The molecule has 98 valence electrons. The number of aromatic nitrogens is 2. The van der Waals surface area contributed by atoms with Gasteiger partial charge in [-0.05, 0) is 26.3 Å². The molecule has 0 fully saturated rings. The monoisotopic (exact) mass is 241 g/mol. The molecule has 0 aliphatic heterocycles. The van der Waals surface area contributed by atoms with E-state index in [1.54, 1.807) is 7.11 Å². The van der Waals surface area contributed by atoms with Crippen molar-refractivity contribution in [2.45, 2.75) is 38.9 Å². The molecule has 1 aromatic rings. The van der Waals surface area contributed by atoms with E-state index in [4.69, 9.17) is 4.74 Å². The summed E-state index contributed by atoms with van der Waals surface area (Å²) in [6.07, 6.45) is 2.78. The molecule has 0 bridgehead atoms. The maximum Gasteiger partial charge on any atom is 0.0762 e. The predicted octanol–water partition coefficient (Wildman–Crippen LogP) is 0.951. The zero-order valence-electron chi connectivity index (χ0n) is 10.9. The van der Waals surface area contributed by atoms with Gasteiger partial charge < -0.3 is 15.2 Å². The van der Waals surface area contributed by atoms with Crippen LogP contribution in [0.4, 0.5) is 0 Å². The van der Waals surface area contributed by atoms with E-state index in [0.29, 0.717) is 19.2 Å². The number of nitrogens with zero attached hydrogens (tertiary/aromatic N) is 2. The minimum atomic E-state index is 0.0687. The zero-order valence-corrected chi connectivity index (χ0v) is 10.9. The molecule has 0 saturated heterocycles. The number of hydrogen-bond acceptors (Lipinski definition) is 4. The molecule has 17 heavy (non-hydrogen) atoms. The molecule has 0 radical (unpaired) electrons. The van der Waals surface area contributed by atoms with Gasteiger partial charge in [-0.25, -0.2) is 0 Å². The van der Waals surface area contributed by atoms with Gasteiger partial charge in [0.25, 0.3) is 0 Å². The van der Waals surface area contributed by atoms with Gasteiger partial charge in [0.15, 0.2) is 0 Å². The number of ether oxygens (including phenoxy) is 1. The highest BCUT2D eigenvalue weighted by Crippen LogP contribution is 2.04. The van der Waals surface area contributed by atoms with Gasteiger partial charge >= 0.3 is 0 Å². The van der Waals surface area contributed by atoms with Crippen LogP contribution in [-0.4, -0.2) is 41.3 Å². The van der Waals surface area contributed by atoms with Crippen molar-refractivity contribution in [3.8, 4) is 0 Å². The van der Waals surface area contributed by atoms with Crippen molar-refractivity contribution in [3.63, 3.8) is 0 Å². The maximum absolute atomic E-state index is 9.18. The van der Waals surface area contributed by atoms with Gasteiger partial charge in [0.2, 0.25) is 0 Å². The van der Waals surface area contributed by atoms with Crippen molar-refractivity contribution in [3.05, 3.63) is 18.0 Å². The summed E-state index contributed by atoms with van der Waals surface area (Å²) in [6.45, 7) is 5.64. The topological polar surface area (TPSA) is 59.3 Å². The molecule has 1 heterocycles. The molecule has 0 aromatic carbocycles. The van der Waals surface area contributed by atoms with E-state index in [-0.39, 0.29) is 12.6 Å². The number of aliphatic hydroxyl groups excluding tert-OH is 1. The number of aliphatic hydroxyl groups is 1. The fourth-order valence-electron chi connectivity index (χ4n) is 1.53. The Morgan fingerprint density at radius 3 is 2.82 bits per heavy atom. The fourth-order valence-corrected chi connectivity index (χ4v) is 1.53. The van der Waals surface area contributed by atoms with Crippen LogP contribution in [0.2, 0.25) is 0 Å². The molecule has 2 N–H and O–H groups in total. The highest BCUT2D eigenvalue weighted by Gasteiger charge is 2.08. The van der Waals surface area contributed by atoms with Crippen LogP contribution < -0.4 is 5.32 Å². The minimum Gasteiger partial charge on any atom is -0.395 e. The number of methoxy groups -OCH3 is 1. The lowest BCUT2D eigenvalue weighted by Gasteiger charge is -2.14. The molecular weight excluding hydrogens is 218 g/mol. The first-order valence-electron chi connectivity index (χ1n) is 6.04. The highest BCUT2D eigenvalue weighted by molar-refractivity contribution is 4.99. The van der Waals surface area contributed by atoms with Crippen LogP contribution in [0.3, 0.4) is 0 Å². The normalized spacial score (nSPS) is 13.2. The lowest BCUT2D eigenvalue weighted by atomic mass is 10.2. The molecule has 0 aliphatic carbocycles. The molecular formula is C12H23N3O2. The van der Waals surface area contributed by atoms with Gasteiger partial charge in [0.05, 0.1) is 12.3 Å². The van der Waals surface area contributed by atoms with Crippen molar-refractivity contribution in [2.75, 3.05) is 20.3 Å². The SMILES string of the molecule is COCCC(CO)NCc1ccn(C(C)C)n1. The lowest BCUT2D eigenvalue weighted by molar-refractivity contribution is 0.159.